The van der Waals surface area contributed by atoms with Crippen LogP contribution in [-0.2, 0) is 19.0 Å². The third kappa shape index (κ3) is 7.04. The number of nitrogens with zero attached hydrogens (tertiary/aromatic N) is 1. The number of amides is 2. The van der Waals surface area contributed by atoms with Crippen molar-refractivity contribution >= 4 is 43.7 Å². The lowest BCUT2D eigenvalue weighted by Crippen LogP contribution is -2.50. The van der Waals surface area contributed by atoms with Crippen LogP contribution in [0.2, 0.25) is 0 Å². The van der Waals surface area contributed by atoms with Gasteiger partial charge in [-0.05, 0) is 43.2 Å². The molecule has 0 radical (unpaired) electrons. The van der Waals surface area contributed by atoms with Crippen LogP contribution in [-0.4, -0.2) is 76.5 Å². The number of rotatable bonds is 10. The largest absolute Gasteiger partial charge is 0.493 e. The maximum absolute atomic E-state index is 13.6. The first kappa shape index (κ1) is 29.4. The first-order chi connectivity index (χ1) is 18.1. The Morgan fingerprint density at radius 1 is 1.18 bits per heavy atom. The van der Waals surface area contributed by atoms with Gasteiger partial charge in [-0.2, -0.15) is 8.42 Å². The molecule has 1 aliphatic rings. The van der Waals surface area contributed by atoms with E-state index in [1.807, 2.05) is 0 Å². The second-order valence-electron chi connectivity index (χ2n) is 8.25. The van der Waals surface area contributed by atoms with Crippen molar-refractivity contribution in [2.24, 2.45) is 0 Å². The van der Waals surface area contributed by atoms with Crippen LogP contribution in [0.15, 0.2) is 58.4 Å². The minimum Gasteiger partial charge on any atom is -0.493 e. The maximum atomic E-state index is 13.6. The molecule has 0 spiro atoms. The third-order valence-electron chi connectivity index (χ3n) is 5.83. The van der Waals surface area contributed by atoms with Crippen molar-refractivity contribution in [3.05, 3.63) is 59.1 Å². The molecular weight excluding hydrogens is 584 g/mol. The molecule has 1 heterocycles. The summed E-state index contributed by atoms with van der Waals surface area (Å²) in [5, 5.41) is 12.6. The summed E-state index contributed by atoms with van der Waals surface area (Å²) >= 11 is 3.26. The number of carbonyl (C=O) groups is 2. The fourth-order valence-corrected chi connectivity index (χ4v) is 5.35. The summed E-state index contributed by atoms with van der Waals surface area (Å²) in [4.78, 5) is 27.3. The van der Waals surface area contributed by atoms with E-state index in [4.69, 9.17) is 18.4 Å². The van der Waals surface area contributed by atoms with E-state index in [1.165, 1.54) is 49.5 Å². The van der Waals surface area contributed by atoms with Crippen LogP contribution in [0.4, 0.5) is 10.5 Å². The van der Waals surface area contributed by atoms with E-state index in [9.17, 15) is 23.1 Å². The highest BCUT2D eigenvalue weighted by Crippen LogP contribution is 2.35. The zero-order chi connectivity index (χ0) is 27.9. The monoisotopic (exact) mass is 612 g/mol. The van der Waals surface area contributed by atoms with Gasteiger partial charge in [-0.15, -0.1) is 0 Å². The highest BCUT2D eigenvalue weighted by Gasteiger charge is 2.36. The number of ether oxygens (including phenoxy) is 3. The number of carbonyl (C=O) groups excluding carboxylic acids is 2. The number of aliphatic hydroxyl groups is 1. The predicted octanol–water partition coefficient (Wildman–Crippen LogP) is 3.57. The highest BCUT2D eigenvalue weighted by molar-refractivity contribution is 9.10. The lowest BCUT2D eigenvalue weighted by molar-refractivity contribution is 0.0254. The van der Waals surface area contributed by atoms with Gasteiger partial charge >= 0.3 is 6.09 Å². The molecule has 1 saturated heterocycles. The number of nitrogens with one attached hydrogen (secondary N) is 1. The number of hydrogen-bond donors (Lipinski definition) is 2. The molecule has 2 amide bonds. The van der Waals surface area contributed by atoms with Gasteiger partial charge in [0.25, 0.3) is 16.0 Å². The molecule has 0 bridgehead atoms. The minimum atomic E-state index is -4.05. The van der Waals surface area contributed by atoms with E-state index in [0.717, 1.165) is 4.47 Å². The van der Waals surface area contributed by atoms with Gasteiger partial charge in [0, 0.05) is 17.1 Å². The van der Waals surface area contributed by atoms with Crippen molar-refractivity contribution in [2.45, 2.75) is 29.9 Å². The highest BCUT2D eigenvalue weighted by atomic mass is 79.9. The number of aliphatic hydroxyl groups excluding tert-OH is 1. The van der Waals surface area contributed by atoms with Crippen LogP contribution in [0.3, 0.4) is 0 Å². The minimum absolute atomic E-state index is 0.00383. The van der Waals surface area contributed by atoms with Gasteiger partial charge in [0.1, 0.15) is 6.61 Å². The molecule has 0 aromatic heterocycles. The normalized spacial score (nSPS) is 17.4. The van der Waals surface area contributed by atoms with Crippen LogP contribution in [0.1, 0.15) is 23.2 Å². The Labute approximate surface area is 229 Å². The van der Waals surface area contributed by atoms with E-state index in [0.29, 0.717) is 0 Å². The number of anilines is 1. The number of halogens is 1. The summed E-state index contributed by atoms with van der Waals surface area (Å²) in [7, 11) is -1.23. The summed E-state index contributed by atoms with van der Waals surface area (Å²) < 4.78 is 47.2. The molecule has 2 atom stereocenters. The van der Waals surface area contributed by atoms with Crippen LogP contribution in [0.25, 0.3) is 0 Å². The van der Waals surface area contributed by atoms with Gasteiger partial charge in [-0.1, -0.05) is 28.6 Å². The molecule has 1 aliphatic heterocycles. The summed E-state index contributed by atoms with van der Waals surface area (Å²) in [5.74, 6) is 0.00509. The van der Waals surface area contributed by atoms with Crippen molar-refractivity contribution in [3.63, 3.8) is 0 Å². The Kier molecular flexibility index (Phi) is 10.1. The molecule has 38 heavy (non-hydrogen) atoms. The number of likely N-dealkylation sites (tertiary alicyclic amines) is 1. The Morgan fingerprint density at radius 2 is 1.84 bits per heavy atom. The zero-order valence-corrected chi connectivity index (χ0v) is 23.3. The van der Waals surface area contributed by atoms with Crippen LogP contribution < -0.4 is 14.8 Å². The predicted molar refractivity (Wildman–Crippen MR) is 142 cm³/mol. The summed E-state index contributed by atoms with van der Waals surface area (Å²) in [6.07, 6.45) is 0.122. The maximum Gasteiger partial charge on any atom is 0.411 e. The fourth-order valence-electron chi connectivity index (χ4n) is 3.97. The molecule has 0 saturated carbocycles. The molecule has 2 aromatic carbocycles. The van der Waals surface area contributed by atoms with Crippen molar-refractivity contribution < 1.29 is 41.5 Å². The zero-order valence-electron chi connectivity index (χ0n) is 20.9. The van der Waals surface area contributed by atoms with Gasteiger partial charge in [0.2, 0.25) is 0 Å². The molecule has 2 aromatic rings. The topological polar surface area (TPSA) is 141 Å². The van der Waals surface area contributed by atoms with Gasteiger partial charge < -0.3 is 24.2 Å². The van der Waals surface area contributed by atoms with Crippen molar-refractivity contribution in [3.8, 4) is 11.5 Å². The Bertz CT molecular complexity index is 1270. The van der Waals surface area contributed by atoms with Crippen LogP contribution in [0, 0.1) is 0 Å². The SMILES string of the molecule is C=CCOC(=O)Nc1cc(OC)c(OC)cc1C(=O)N1CC[C@@H](OS(=O)(=O)c2ccc(Br)cc2)C[C@H]1CO. The lowest BCUT2D eigenvalue weighted by atomic mass is 9.98. The molecule has 206 valence electrons. The Balaban J connectivity index is 1.83. The van der Waals surface area contributed by atoms with Crippen molar-refractivity contribution in [2.75, 3.05) is 39.3 Å². The number of methoxy groups -OCH3 is 2. The molecule has 0 unspecified atom stereocenters. The Hall–Kier alpha value is -3.13. The van der Waals surface area contributed by atoms with Gasteiger partial charge in [-0.3, -0.25) is 14.3 Å². The molecule has 1 fully saturated rings. The first-order valence-electron chi connectivity index (χ1n) is 11.5. The summed E-state index contributed by atoms with van der Waals surface area (Å²) in [5.41, 5.74) is 0.174. The van der Waals surface area contributed by atoms with Crippen molar-refractivity contribution in [1.29, 1.82) is 0 Å². The average molecular weight is 613 g/mol. The molecular formula is C25H29BrN2O9S. The van der Waals surface area contributed by atoms with Gasteiger partial charge in [0.15, 0.2) is 11.5 Å². The van der Waals surface area contributed by atoms with E-state index >= 15 is 0 Å². The van der Waals surface area contributed by atoms with Gasteiger partial charge in [0.05, 0.1) is 49.1 Å². The Morgan fingerprint density at radius 3 is 2.45 bits per heavy atom. The van der Waals surface area contributed by atoms with E-state index in [1.54, 1.807) is 12.1 Å². The molecule has 0 aliphatic carbocycles. The smallest absolute Gasteiger partial charge is 0.411 e. The summed E-state index contributed by atoms with van der Waals surface area (Å²) in [6.45, 7) is 3.12. The first-order valence-corrected chi connectivity index (χ1v) is 13.7. The number of piperidine rings is 1. The standard InChI is InChI=1S/C25H29BrN2O9S/c1-4-11-36-25(31)27-21-14-23(35-3)22(34-2)13-20(21)24(30)28-10-9-18(12-17(28)15-29)37-38(32,33)19-7-5-16(26)6-8-19/h4-8,13-14,17-18,29H,1,9-12,15H2,2-3H3,(H,27,31)/t17-,18+/m0/s1. The van der Waals surface area contributed by atoms with E-state index < -0.39 is 40.9 Å². The van der Waals surface area contributed by atoms with E-state index in [-0.39, 0.29) is 53.6 Å². The van der Waals surface area contributed by atoms with Crippen molar-refractivity contribution in [1.82, 2.24) is 4.90 Å². The lowest BCUT2D eigenvalue weighted by Gasteiger charge is -2.38. The van der Waals surface area contributed by atoms with E-state index in [2.05, 4.69) is 27.8 Å². The molecule has 11 nitrogen and oxygen atoms in total. The summed E-state index contributed by atoms with van der Waals surface area (Å²) in [6, 6.07) is 8.14. The quantitative estimate of drug-likeness (QED) is 0.304. The number of benzene rings is 2. The molecule has 13 heteroatoms. The third-order valence-corrected chi connectivity index (χ3v) is 7.73. The molecule has 2 N–H and O–H groups in total. The average Bonchev–Trinajstić information content (AvgIpc) is 2.91. The second kappa shape index (κ2) is 13.1. The van der Waals surface area contributed by atoms with Crippen LogP contribution >= 0.6 is 15.9 Å². The number of hydrogen-bond acceptors (Lipinski definition) is 9. The second-order valence-corrected chi connectivity index (χ2v) is 10.7. The molecule has 3 rings (SSSR count). The van der Waals surface area contributed by atoms with Gasteiger partial charge in [-0.25, -0.2) is 4.79 Å². The fraction of sp³-hybridized carbons (Fsp3) is 0.360. The van der Waals surface area contributed by atoms with Crippen LogP contribution in [0.5, 0.6) is 11.5 Å².